The Morgan fingerprint density at radius 1 is 1.29 bits per heavy atom. The molecule has 0 radical (unpaired) electrons. The van der Waals surface area contributed by atoms with Gasteiger partial charge in [-0.25, -0.2) is 0 Å². The summed E-state index contributed by atoms with van der Waals surface area (Å²) < 4.78 is 16.1. The molecule has 0 unspecified atom stereocenters. The molecule has 2 aromatic rings. The van der Waals surface area contributed by atoms with Crippen molar-refractivity contribution < 1.29 is 14.0 Å². The number of benzene rings is 1. The second-order valence-electron chi connectivity index (χ2n) is 4.66. The van der Waals surface area contributed by atoms with Gasteiger partial charge in [0.1, 0.15) is 11.5 Å². The van der Waals surface area contributed by atoms with Crippen LogP contribution in [0.4, 0.5) is 0 Å². The van der Waals surface area contributed by atoms with Crippen LogP contribution in [0.25, 0.3) is 0 Å². The SMILES string of the molecule is CCCc1nc(COc2ccc(OC)cc2CCN)no1. The molecule has 21 heavy (non-hydrogen) atoms. The third kappa shape index (κ3) is 4.19. The Labute approximate surface area is 124 Å². The summed E-state index contributed by atoms with van der Waals surface area (Å²) in [6.45, 7) is 2.89. The van der Waals surface area contributed by atoms with Gasteiger partial charge >= 0.3 is 0 Å². The van der Waals surface area contributed by atoms with Crippen molar-refractivity contribution in [2.24, 2.45) is 5.73 Å². The first-order valence-electron chi connectivity index (χ1n) is 7.08. The maximum atomic E-state index is 5.77. The summed E-state index contributed by atoms with van der Waals surface area (Å²) in [5, 5.41) is 3.90. The van der Waals surface area contributed by atoms with Crippen LogP contribution in [0.15, 0.2) is 22.7 Å². The number of aromatic nitrogens is 2. The Morgan fingerprint density at radius 3 is 2.86 bits per heavy atom. The van der Waals surface area contributed by atoms with E-state index in [2.05, 4.69) is 17.1 Å². The van der Waals surface area contributed by atoms with Crippen LogP contribution >= 0.6 is 0 Å². The van der Waals surface area contributed by atoms with Crippen LogP contribution in [0.2, 0.25) is 0 Å². The lowest BCUT2D eigenvalue weighted by molar-refractivity contribution is 0.282. The average Bonchev–Trinajstić information content (AvgIpc) is 2.94. The molecule has 0 fully saturated rings. The fraction of sp³-hybridized carbons (Fsp3) is 0.467. The maximum Gasteiger partial charge on any atom is 0.226 e. The third-order valence-electron chi connectivity index (χ3n) is 3.01. The number of aryl methyl sites for hydroxylation is 1. The van der Waals surface area contributed by atoms with Crippen molar-refractivity contribution in [1.82, 2.24) is 10.1 Å². The molecule has 2 N–H and O–H groups in total. The minimum Gasteiger partial charge on any atom is -0.497 e. The van der Waals surface area contributed by atoms with Gasteiger partial charge in [0.2, 0.25) is 11.7 Å². The number of ether oxygens (including phenoxy) is 2. The van der Waals surface area contributed by atoms with Crippen molar-refractivity contribution in [3.63, 3.8) is 0 Å². The van der Waals surface area contributed by atoms with Gasteiger partial charge in [-0.1, -0.05) is 12.1 Å². The zero-order valence-electron chi connectivity index (χ0n) is 12.5. The lowest BCUT2D eigenvalue weighted by Gasteiger charge is -2.11. The fourth-order valence-electron chi connectivity index (χ4n) is 1.98. The van der Waals surface area contributed by atoms with Gasteiger partial charge in [-0.2, -0.15) is 4.98 Å². The van der Waals surface area contributed by atoms with E-state index < -0.39 is 0 Å². The van der Waals surface area contributed by atoms with E-state index in [1.165, 1.54) is 0 Å². The fourth-order valence-corrected chi connectivity index (χ4v) is 1.98. The van der Waals surface area contributed by atoms with Crippen LogP contribution in [-0.2, 0) is 19.4 Å². The third-order valence-corrected chi connectivity index (χ3v) is 3.01. The smallest absolute Gasteiger partial charge is 0.226 e. The van der Waals surface area contributed by atoms with E-state index in [9.17, 15) is 0 Å². The second-order valence-corrected chi connectivity index (χ2v) is 4.66. The van der Waals surface area contributed by atoms with Crippen LogP contribution in [-0.4, -0.2) is 23.8 Å². The highest BCUT2D eigenvalue weighted by Crippen LogP contribution is 2.25. The molecular formula is C15H21N3O3. The summed E-state index contributed by atoms with van der Waals surface area (Å²) in [5.41, 5.74) is 6.64. The summed E-state index contributed by atoms with van der Waals surface area (Å²) in [4.78, 5) is 4.27. The topological polar surface area (TPSA) is 83.4 Å². The number of nitrogens with two attached hydrogens (primary N) is 1. The Balaban J connectivity index is 2.04. The zero-order chi connectivity index (χ0) is 15.1. The van der Waals surface area contributed by atoms with Crippen molar-refractivity contribution in [2.75, 3.05) is 13.7 Å². The first-order chi connectivity index (χ1) is 10.3. The molecule has 1 aromatic carbocycles. The van der Waals surface area contributed by atoms with E-state index in [0.717, 1.165) is 36.3 Å². The van der Waals surface area contributed by atoms with Gasteiger partial charge in [-0.05, 0) is 43.1 Å². The molecule has 0 amide bonds. The molecule has 2 rings (SSSR count). The Kier molecular flexibility index (Phi) is 5.57. The van der Waals surface area contributed by atoms with Gasteiger partial charge in [0.25, 0.3) is 0 Å². The predicted octanol–water partition coefficient (Wildman–Crippen LogP) is 2.11. The molecule has 114 valence electrons. The van der Waals surface area contributed by atoms with Crippen molar-refractivity contribution in [3.8, 4) is 11.5 Å². The van der Waals surface area contributed by atoms with Crippen molar-refractivity contribution in [3.05, 3.63) is 35.5 Å². The van der Waals surface area contributed by atoms with Crippen molar-refractivity contribution in [1.29, 1.82) is 0 Å². The molecule has 1 heterocycles. The Hall–Kier alpha value is -2.08. The number of rotatable bonds is 8. The lowest BCUT2D eigenvalue weighted by atomic mass is 10.1. The van der Waals surface area contributed by atoms with Crippen LogP contribution in [0, 0.1) is 0 Å². The summed E-state index contributed by atoms with van der Waals surface area (Å²) in [5.74, 6) is 2.75. The van der Waals surface area contributed by atoms with Crippen molar-refractivity contribution in [2.45, 2.75) is 32.8 Å². The van der Waals surface area contributed by atoms with E-state index in [4.69, 9.17) is 19.7 Å². The van der Waals surface area contributed by atoms with E-state index in [0.29, 0.717) is 18.3 Å². The summed E-state index contributed by atoms with van der Waals surface area (Å²) >= 11 is 0. The van der Waals surface area contributed by atoms with E-state index in [1.807, 2.05) is 18.2 Å². The summed E-state index contributed by atoms with van der Waals surface area (Å²) in [7, 11) is 1.64. The van der Waals surface area contributed by atoms with Gasteiger partial charge in [0, 0.05) is 6.42 Å². The monoisotopic (exact) mass is 291 g/mol. The van der Waals surface area contributed by atoms with Gasteiger partial charge in [-0.15, -0.1) is 0 Å². The Bertz CT molecular complexity index is 569. The zero-order valence-corrected chi connectivity index (χ0v) is 12.5. The van der Waals surface area contributed by atoms with Crippen molar-refractivity contribution >= 4 is 0 Å². The number of methoxy groups -OCH3 is 1. The molecule has 6 nitrogen and oxygen atoms in total. The molecule has 0 saturated carbocycles. The average molecular weight is 291 g/mol. The highest BCUT2D eigenvalue weighted by atomic mass is 16.5. The maximum absolute atomic E-state index is 5.77. The van der Waals surface area contributed by atoms with Crippen LogP contribution in [0.3, 0.4) is 0 Å². The number of nitrogens with zero attached hydrogens (tertiary/aromatic N) is 2. The van der Waals surface area contributed by atoms with Crippen LogP contribution in [0.5, 0.6) is 11.5 Å². The highest BCUT2D eigenvalue weighted by Gasteiger charge is 2.09. The van der Waals surface area contributed by atoms with E-state index in [-0.39, 0.29) is 6.61 Å². The van der Waals surface area contributed by atoms with E-state index in [1.54, 1.807) is 7.11 Å². The molecule has 0 aliphatic carbocycles. The normalized spacial score (nSPS) is 10.6. The van der Waals surface area contributed by atoms with Gasteiger partial charge in [0.15, 0.2) is 6.61 Å². The number of hydrogen-bond acceptors (Lipinski definition) is 6. The van der Waals surface area contributed by atoms with Gasteiger partial charge < -0.3 is 19.7 Å². The first kappa shape index (κ1) is 15.3. The molecule has 0 atom stereocenters. The van der Waals surface area contributed by atoms with E-state index >= 15 is 0 Å². The lowest BCUT2D eigenvalue weighted by Crippen LogP contribution is -2.06. The molecule has 0 saturated heterocycles. The summed E-state index contributed by atoms with van der Waals surface area (Å²) in [6.07, 6.45) is 2.48. The minimum absolute atomic E-state index is 0.275. The molecule has 1 aromatic heterocycles. The largest absolute Gasteiger partial charge is 0.497 e. The molecule has 0 aliphatic heterocycles. The van der Waals surface area contributed by atoms with Crippen LogP contribution in [0.1, 0.15) is 30.6 Å². The minimum atomic E-state index is 0.275. The molecule has 0 spiro atoms. The second kappa shape index (κ2) is 7.64. The molecule has 0 aliphatic rings. The molecule has 6 heteroatoms. The highest BCUT2D eigenvalue weighted by molar-refractivity contribution is 5.40. The first-order valence-corrected chi connectivity index (χ1v) is 7.08. The van der Waals surface area contributed by atoms with Gasteiger partial charge in [-0.3, -0.25) is 0 Å². The van der Waals surface area contributed by atoms with Crippen LogP contribution < -0.4 is 15.2 Å². The molecule has 0 bridgehead atoms. The Morgan fingerprint density at radius 2 is 2.14 bits per heavy atom. The van der Waals surface area contributed by atoms with Gasteiger partial charge in [0.05, 0.1) is 7.11 Å². The predicted molar refractivity (Wildman–Crippen MR) is 78.4 cm³/mol. The quantitative estimate of drug-likeness (QED) is 0.802. The number of hydrogen-bond donors (Lipinski definition) is 1. The standard InChI is InChI=1S/C15H21N3O3/c1-3-4-15-17-14(18-21-15)10-20-13-6-5-12(19-2)9-11(13)7-8-16/h5-6,9H,3-4,7-8,10,16H2,1-2H3. The molecular weight excluding hydrogens is 270 g/mol. The summed E-state index contributed by atoms with van der Waals surface area (Å²) in [6, 6.07) is 5.66.